The molecule has 164 valence electrons. The van der Waals surface area contributed by atoms with Crippen LogP contribution in [0.3, 0.4) is 0 Å². The van der Waals surface area contributed by atoms with E-state index >= 15 is 0 Å². The summed E-state index contributed by atoms with van der Waals surface area (Å²) in [6.07, 6.45) is 3.38. The van der Waals surface area contributed by atoms with Crippen LogP contribution in [0.25, 0.3) is 10.8 Å². The van der Waals surface area contributed by atoms with Crippen molar-refractivity contribution in [3.05, 3.63) is 36.4 Å². The lowest BCUT2D eigenvalue weighted by atomic mass is 10.0. The highest BCUT2D eigenvalue weighted by Gasteiger charge is 2.32. The molecule has 8 heteroatoms. The fraction of sp³-hybridized carbons (Fsp3) is 0.545. The van der Waals surface area contributed by atoms with Crippen LogP contribution in [-0.4, -0.2) is 51.6 Å². The van der Waals surface area contributed by atoms with Crippen molar-refractivity contribution >= 4 is 30.8 Å². The molecule has 0 radical (unpaired) electrons. The van der Waals surface area contributed by atoms with E-state index in [-0.39, 0.29) is 9.79 Å². The monoisotopic (exact) mass is 450 g/mol. The number of hydrogen-bond donors (Lipinski definition) is 0. The zero-order valence-corrected chi connectivity index (χ0v) is 19.3. The molecule has 2 aromatic rings. The first-order valence-corrected chi connectivity index (χ1v) is 13.6. The minimum Gasteiger partial charge on any atom is -0.207 e. The predicted molar refractivity (Wildman–Crippen MR) is 118 cm³/mol. The van der Waals surface area contributed by atoms with Gasteiger partial charge in [0.2, 0.25) is 20.0 Å². The molecule has 2 aliphatic heterocycles. The SMILES string of the molecule is CC1CCN(S(=O)(=O)c2cccc3c(S(=O)(=O)N4CCC(C)CC4)cccc23)CC1. The van der Waals surface area contributed by atoms with Crippen LogP contribution < -0.4 is 0 Å². The highest BCUT2D eigenvalue weighted by molar-refractivity contribution is 7.89. The fourth-order valence-corrected chi connectivity index (χ4v) is 7.78. The minimum absolute atomic E-state index is 0.193. The molecule has 0 saturated carbocycles. The van der Waals surface area contributed by atoms with Crippen LogP contribution in [0.1, 0.15) is 39.5 Å². The molecular weight excluding hydrogens is 420 g/mol. The molecule has 0 atom stereocenters. The van der Waals surface area contributed by atoms with Crippen molar-refractivity contribution in [1.82, 2.24) is 8.61 Å². The normalized spacial score (nSPS) is 21.3. The van der Waals surface area contributed by atoms with Crippen molar-refractivity contribution in [1.29, 1.82) is 0 Å². The van der Waals surface area contributed by atoms with Crippen LogP contribution in [-0.2, 0) is 20.0 Å². The number of rotatable bonds is 4. The maximum absolute atomic E-state index is 13.4. The van der Waals surface area contributed by atoms with Crippen LogP contribution in [0.2, 0.25) is 0 Å². The smallest absolute Gasteiger partial charge is 0.207 e. The van der Waals surface area contributed by atoms with Crippen LogP contribution in [0, 0.1) is 11.8 Å². The van der Waals surface area contributed by atoms with Gasteiger partial charge in [0, 0.05) is 37.0 Å². The van der Waals surface area contributed by atoms with E-state index in [0.29, 0.717) is 48.8 Å². The zero-order valence-electron chi connectivity index (χ0n) is 17.6. The molecule has 0 unspecified atom stereocenters. The molecule has 0 N–H and O–H groups in total. The average Bonchev–Trinajstić information content (AvgIpc) is 2.73. The van der Waals surface area contributed by atoms with Gasteiger partial charge in [0.15, 0.2) is 0 Å². The number of hydrogen-bond acceptors (Lipinski definition) is 4. The van der Waals surface area contributed by atoms with Crippen LogP contribution in [0.5, 0.6) is 0 Å². The summed E-state index contributed by atoms with van der Waals surface area (Å²) in [5, 5.41) is 0.949. The van der Waals surface area contributed by atoms with Crippen molar-refractivity contribution in [2.24, 2.45) is 11.8 Å². The molecule has 2 aliphatic rings. The Morgan fingerprint density at radius 2 is 0.967 bits per heavy atom. The molecule has 0 amide bonds. The molecule has 0 bridgehead atoms. The quantitative estimate of drug-likeness (QED) is 0.712. The van der Waals surface area contributed by atoms with Crippen molar-refractivity contribution < 1.29 is 16.8 Å². The number of benzene rings is 2. The Morgan fingerprint density at radius 1 is 0.633 bits per heavy atom. The van der Waals surface area contributed by atoms with Gasteiger partial charge >= 0.3 is 0 Å². The van der Waals surface area contributed by atoms with Crippen molar-refractivity contribution in [3.8, 4) is 0 Å². The first kappa shape index (κ1) is 21.7. The van der Waals surface area contributed by atoms with E-state index in [1.165, 1.54) is 8.61 Å². The standard InChI is InChI=1S/C22H30N2O4S2/c1-17-9-13-23(14-10-17)29(25,26)21-7-3-6-20-19(21)5-4-8-22(20)30(27,28)24-15-11-18(2)12-16-24/h3-8,17-18H,9-16H2,1-2H3. The van der Waals surface area contributed by atoms with Gasteiger partial charge in [0.05, 0.1) is 9.79 Å². The van der Waals surface area contributed by atoms with Crippen LogP contribution in [0.4, 0.5) is 0 Å². The van der Waals surface area contributed by atoms with E-state index < -0.39 is 20.0 Å². The summed E-state index contributed by atoms with van der Waals surface area (Å²) in [7, 11) is -7.36. The Morgan fingerprint density at radius 3 is 1.30 bits per heavy atom. The molecule has 2 saturated heterocycles. The topological polar surface area (TPSA) is 74.8 Å². The van der Waals surface area contributed by atoms with E-state index in [0.717, 1.165) is 25.7 Å². The molecule has 4 rings (SSSR count). The van der Waals surface area contributed by atoms with E-state index in [2.05, 4.69) is 13.8 Å². The molecule has 0 aliphatic carbocycles. The lowest BCUT2D eigenvalue weighted by Crippen LogP contribution is -2.38. The Balaban J connectivity index is 1.77. The highest BCUT2D eigenvalue weighted by Crippen LogP contribution is 2.33. The first-order valence-electron chi connectivity index (χ1n) is 10.7. The molecule has 2 fully saturated rings. The van der Waals surface area contributed by atoms with Gasteiger partial charge in [-0.05, 0) is 49.7 Å². The molecule has 2 aromatic carbocycles. The first-order chi connectivity index (χ1) is 14.2. The second-order valence-electron chi connectivity index (χ2n) is 8.78. The van der Waals surface area contributed by atoms with Gasteiger partial charge < -0.3 is 0 Å². The number of fused-ring (bicyclic) bond motifs is 1. The Kier molecular flexibility index (Phi) is 5.96. The molecule has 6 nitrogen and oxygen atoms in total. The van der Waals surface area contributed by atoms with E-state index in [4.69, 9.17) is 0 Å². The van der Waals surface area contributed by atoms with Gasteiger partial charge in [-0.3, -0.25) is 0 Å². The second-order valence-corrected chi connectivity index (χ2v) is 12.6. The number of nitrogens with zero attached hydrogens (tertiary/aromatic N) is 2. The average molecular weight is 451 g/mol. The maximum Gasteiger partial charge on any atom is 0.243 e. The lowest BCUT2D eigenvalue weighted by molar-refractivity contribution is 0.288. The van der Waals surface area contributed by atoms with Gasteiger partial charge in [-0.2, -0.15) is 8.61 Å². The van der Waals surface area contributed by atoms with Gasteiger partial charge in [0.1, 0.15) is 0 Å². The summed E-state index contributed by atoms with van der Waals surface area (Å²) in [6.45, 7) is 6.29. The summed E-state index contributed by atoms with van der Waals surface area (Å²) in [4.78, 5) is 0.387. The Labute approximate surface area is 180 Å². The minimum atomic E-state index is -3.68. The largest absolute Gasteiger partial charge is 0.243 e. The summed E-state index contributed by atoms with van der Waals surface area (Å²) >= 11 is 0. The molecule has 0 aromatic heterocycles. The summed E-state index contributed by atoms with van der Waals surface area (Å²) in [5.41, 5.74) is 0. The Bertz CT molecular complexity index is 1040. The molecular formula is C22H30N2O4S2. The van der Waals surface area contributed by atoms with E-state index in [1.807, 2.05) is 0 Å². The fourth-order valence-electron chi connectivity index (χ4n) is 4.43. The summed E-state index contributed by atoms with van der Waals surface area (Å²) < 4.78 is 56.6. The molecule has 2 heterocycles. The van der Waals surface area contributed by atoms with Gasteiger partial charge in [-0.25, -0.2) is 16.8 Å². The van der Waals surface area contributed by atoms with Crippen LogP contribution in [0.15, 0.2) is 46.2 Å². The third-order valence-electron chi connectivity index (χ3n) is 6.56. The van der Waals surface area contributed by atoms with Gasteiger partial charge in [-0.1, -0.05) is 38.1 Å². The van der Waals surface area contributed by atoms with Crippen molar-refractivity contribution in [2.75, 3.05) is 26.2 Å². The predicted octanol–water partition coefficient (Wildman–Crippen LogP) is 3.68. The van der Waals surface area contributed by atoms with E-state index in [9.17, 15) is 16.8 Å². The maximum atomic E-state index is 13.4. The highest BCUT2D eigenvalue weighted by atomic mass is 32.2. The zero-order chi connectivity index (χ0) is 21.5. The van der Waals surface area contributed by atoms with Gasteiger partial charge in [0.25, 0.3) is 0 Å². The molecule has 30 heavy (non-hydrogen) atoms. The third kappa shape index (κ3) is 3.90. The number of sulfonamides is 2. The third-order valence-corrected chi connectivity index (χ3v) is 10.5. The van der Waals surface area contributed by atoms with Crippen molar-refractivity contribution in [2.45, 2.75) is 49.3 Å². The van der Waals surface area contributed by atoms with Crippen molar-refractivity contribution in [3.63, 3.8) is 0 Å². The van der Waals surface area contributed by atoms with Gasteiger partial charge in [-0.15, -0.1) is 0 Å². The second kappa shape index (κ2) is 8.22. The summed E-state index contributed by atoms with van der Waals surface area (Å²) in [5.74, 6) is 1.04. The molecule has 0 spiro atoms. The summed E-state index contributed by atoms with van der Waals surface area (Å²) in [6, 6.07) is 9.92. The van der Waals surface area contributed by atoms with E-state index in [1.54, 1.807) is 36.4 Å². The number of piperidine rings is 2. The Hall–Kier alpha value is -1.48. The van der Waals surface area contributed by atoms with Crippen LogP contribution >= 0.6 is 0 Å². The lowest BCUT2D eigenvalue weighted by Gasteiger charge is -2.30.